The number of allylic oxidation sites excluding steroid dienone is 1. The third-order valence-electron chi connectivity index (χ3n) is 4.24. The molecule has 2 saturated heterocycles. The number of hydrogen-bond donors (Lipinski definition) is 0. The molecule has 0 aromatic heterocycles. The average Bonchev–Trinajstić information content (AvgIpc) is 2.58. The SMILES string of the molecule is C/C=C1\C(=N\CC)N(C(C)C)C2(COC2)C1CC. The van der Waals surface area contributed by atoms with Gasteiger partial charge in [0, 0.05) is 18.5 Å². The summed E-state index contributed by atoms with van der Waals surface area (Å²) in [5, 5.41) is 0. The van der Waals surface area contributed by atoms with Gasteiger partial charge in [0.05, 0.1) is 18.8 Å². The topological polar surface area (TPSA) is 24.8 Å². The second-order valence-corrected chi connectivity index (χ2v) is 5.56. The fourth-order valence-corrected chi connectivity index (χ4v) is 3.62. The predicted molar refractivity (Wildman–Crippen MR) is 76.0 cm³/mol. The van der Waals surface area contributed by atoms with Gasteiger partial charge in [0.25, 0.3) is 0 Å². The Bertz CT molecular complexity index is 367. The molecule has 3 nitrogen and oxygen atoms in total. The van der Waals surface area contributed by atoms with E-state index >= 15 is 0 Å². The molecule has 1 unspecified atom stereocenters. The van der Waals surface area contributed by atoms with Gasteiger partial charge in [-0.15, -0.1) is 0 Å². The standard InChI is InChI=1S/C15H26N2O/c1-6-12-13(7-2)15(9-18-10-15)17(11(4)5)14(12)16-8-3/h6,11,13H,7-10H2,1-5H3/b12-6-,16-14-. The van der Waals surface area contributed by atoms with Crippen LogP contribution in [0.1, 0.15) is 41.0 Å². The molecule has 0 aromatic carbocycles. The molecule has 2 fully saturated rings. The lowest BCUT2D eigenvalue weighted by Gasteiger charge is -2.50. The quantitative estimate of drug-likeness (QED) is 0.769. The van der Waals surface area contributed by atoms with Crippen LogP contribution in [0.4, 0.5) is 0 Å². The Morgan fingerprint density at radius 3 is 2.44 bits per heavy atom. The molecule has 0 aliphatic carbocycles. The van der Waals surface area contributed by atoms with E-state index in [4.69, 9.17) is 9.73 Å². The van der Waals surface area contributed by atoms with Gasteiger partial charge in [-0.1, -0.05) is 13.0 Å². The van der Waals surface area contributed by atoms with Gasteiger partial charge in [-0.05, 0) is 39.7 Å². The lowest BCUT2D eigenvalue weighted by molar-refractivity contribution is -0.136. The highest BCUT2D eigenvalue weighted by Crippen LogP contribution is 2.47. The molecule has 18 heavy (non-hydrogen) atoms. The average molecular weight is 250 g/mol. The molecular weight excluding hydrogens is 224 g/mol. The minimum atomic E-state index is 0.179. The van der Waals surface area contributed by atoms with Gasteiger partial charge in [-0.3, -0.25) is 4.99 Å². The van der Waals surface area contributed by atoms with E-state index in [9.17, 15) is 0 Å². The van der Waals surface area contributed by atoms with E-state index in [1.54, 1.807) is 0 Å². The van der Waals surface area contributed by atoms with Crippen LogP contribution in [0, 0.1) is 5.92 Å². The van der Waals surface area contributed by atoms with Crippen LogP contribution in [0.25, 0.3) is 0 Å². The van der Waals surface area contributed by atoms with E-state index in [0.717, 1.165) is 26.2 Å². The third-order valence-corrected chi connectivity index (χ3v) is 4.24. The Balaban J connectivity index is 2.49. The van der Waals surface area contributed by atoms with E-state index in [-0.39, 0.29) is 5.54 Å². The number of ether oxygens (including phenoxy) is 1. The Kier molecular flexibility index (Phi) is 3.81. The number of likely N-dealkylation sites (tertiary alicyclic amines) is 1. The Morgan fingerprint density at radius 1 is 1.44 bits per heavy atom. The van der Waals surface area contributed by atoms with Gasteiger partial charge in [-0.25, -0.2) is 0 Å². The molecule has 102 valence electrons. The lowest BCUT2D eigenvalue weighted by atomic mass is 9.78. The van der Waals surface area contributed by atoms with Crippen LogP contribution in [0.3, 0.4) is 0 Å². The van der Waals surface area contributed by atoms with Gasteiger partial charge in [0.1, 0.15) is 5.84 Å². The summed E-state index contributed by atoms with van der Waals surface area (Å²) < 4.78 is 5.57. The largest absolute Gasteiger partial charge is 0.376 e. The fraction of sp³-hybridized carbons (Fsp3) is 0.800. The van der Waals surface area contributed by atoms with E-state index < -0.39 is 0 Å². The maximum absolute atomic E-state index is 5.57. The molecule has 0 radical (unpaired) electrons. The fourth-order valence-electron chi connectivity index (χ4n) is 3.62. The zero-order valence-corrected chi connectivity index (χ0v) is 12.4. The van der Waals surface area contributed by atoms with Crippen LogP contribution in [-0.2, 0) is 4.74 Å². The summed E-state index contributed by atoms with van der Waals surface area (Å²) in [5.41, 5.74) is 1.61. The van der Waals surface area contributed by atoms with Crippen molar-refractivity contribution in [2.75, 3.05) is 19.8 Å². The first-order valence-electron chi connectivity index (χ1n) is 7.20. The first-order valence-corrected chi connectivity index (χ1v) is 7.20. The van der Waals surface area contributed by atoms with Crippen molar-refractivity contribution in [3.05, 3.63) is 11.6 Å². The van der Waals surface area contributed by atoms with Crippen molar-refractivity contribution < 1.29 is 4.74 Å². The molecule has 2 rings (SSSR count). The number of aliphatic imine (C=N–C) groups is 1. The van der Waals surface area contributed by atoms with Crippen LogP contribution in [0.5, 0.6) is 0 Å². The number of amidine groups is 1. The molecule has 2 heterocycles. The van der Waals surface area contributed by atoms with Crippen LogP contribution in [0.15, 0.2) is 16.6 Å². The van der Waals surface area contributed by atoms with Crippen molar-refractivity contribution >= 4 is 5.84 Å². The molecule has 2 aliphatic rings. The minimum Gasteiger partial charge on any atom is -0.376 e. The summed E-state index contributed by atoms with van der Waals surface area (Å²) in [4.78, 5) is 7.29. The first-order chi connectivity index (χ1) is 8.62. The van der Waals surface area contributed by atoms with Crippen LogP contribution in [0.2, 0.25) is 0 Å². The molecule has 0 saturated carbocycles. The molecule has 1 atom stereocenters. The smallest absolute Gasteiger partial charge is 0.127 e. The summed E-state index contributed by atoms with van der Waals surface area (Å²) in [6.45, 7) is 13.6. The van der Waals surface area contributed by atoms with Crippen LogP contribution >= 0.6 is 0 Å². The minimum absolute atomic E-state index is 0.179. The highest BCUT2D eigenvalue weighted by Gasteiger charge is 2.58. The summed E-state index contributed by atoms with van der Waals surface area (Å²) >= 11 is 0. The van der Waals surface area contributed by atoms with Gasteiger partial charge >= 0.3 is 0 Å². The highest BCUT2D eigenvalue weighted by atomic mass is 16.5. The van der Waals surface area contributed by atoms with Gasteiger partial charge in [0.2, 0.25) is 0 Å². The summed E-state index contributed by atoms with van der Waals surface area (Å²) in [6.07, 6.45) is 3.42. The molecule has 0 bridgehead atoms. The molecule has 0 aromatic rings. The van der Waals surface area contributed by atoms with Crippen molar-refractivity contribution in [3.8, 4) is 0 Å². The van der Waals surface area contributed by atoms with Crippen molar-refractivity contribution in [2.45, 2.75) is 52.6 Å². The first kappa shape index (κ1) is 13.6. The van der Waals surface area contributed by atoms with E-state index in [1.165, 1.54) is 11.4 Å². The Hall–Kier alpha value is -0.830. The normalized spacial score (nSPS) is 30.8. The maximum atomic E-state index is 5.57. The zero-order chi connectivity index (χ0) is 13.3. The van der Waals surface area contributed by atoms with Crippen LogP contribution < -0.4 is 0 Å². The molecule has 2 aliphatic heterocycles. The maximum Gasteiger partial charge on any atom is 0.127 e. The second kappa shape index (κ2) is 5.04. The van der Waals surface area contributed by atoms with Gasteiger partial charge < -0.3 is 9.64 Å². The zero-order valence-electron chi connectivity index (χ0n) is 12.4. The van der Waals surface area contributed by atoms with Crippen molar-refractivity contribution in [1.82, 2.24) is 4.90 Å². The van der Waals surface area contributed by atoms with Crippen molar-refractivity contribution in [1.29, 1.82) is 0 Å². The molecule has 1 spiro atoms. The van der Waals surface area contributed by atoms with E-state index in [1.807, 2.05) is 0 Å². The highest BCUT2D eigenvalue weighted by molar-refractivity contribution is 6.02. The van der Waals surface area contributed by atoms with E-state index in [2.05, 4.69) is 45.6 Å². The van der Waals surface area contributed by atoms with Gasteiger partial charge in [0.15, 0.2) is 0 Å². The number of hydrogen-bond acceptors (Lipinski definition) is 2. The van der Waals surface area contributed by atoms with Crippen molar-refractivity contribution in [2.24, 2.45) is 10.9 Å². The van der Waals surface area contributed by atoms with Crippen molar-refractivity contribution in [3.63, 3.8) is 0 Å². The molecule has 0 amide bonds. The number of rotatable bonds is 3. The third kappa shape index (κ3) is 1.71. The second-order valence-electron chi connectivity index (χ2n) is 5.56. The van der Waals surface area contributed by atoms with Gasteiger partial charge in [-0.2, -0.15) is 0 Å². The molecular formula is C15H26N2O. The van der Waals surface area contributed by atoms with E-state index in [0.29, 0.717) is 12.0 Å². The lowest BCUT2D eigenvalue weighted by Crippen LogP contribution is -2.64. The molecule has 3 heteroatoms. The summed E-state index contributed by atoms with van der Waals surface area (Å²) in [6, 6.07) is 0.477. The predicted octanol–water partition coefficient (Wildman–Crippen LogP) is 2.87. The Morgan fingerprint density at radius 2 is 2.11 bits per heavy atom. The van der Waals surface area contributed by atoms with Crippen LogP contribution in [-0.4, -0.2) is 42.1 Å². The molecule has 0 N–H and O–H groups in total. The summed E-state index contributed by atoms with van der Waals surface area (Å²) in [5.74, 6) is 1.79. The number of nitrogens with zero attached hydrogens (tertiary/aromatic N) is 2. The Labute approximate surface area is 111 Å². The summed E-state index contributed by atoms with van der Waals surface area (Å²) in [7, 11) is 0. The monoisotopic (exact) mass is 250 g/mol.